The predicted octanol–water partition coefficient (Wildman–Crippen LogP) is 2.23. The van der Waals surface area contributed by atoms with Gasteiger partial charge in [0.15, 0.2) is 0 Å². The molecular formula is C17H16ClN3O2. The van der Waals surface area contributed by atoms with Gasteiger partial charge in [-0.05, 0) is 23.3 Å². The van der Waals surface area contributed by atoms with Gasteiger partial charge in [-0.25, -0.2) is 4.79 Å². The minimum Gasteiger partial charge on any atom is -0.343 e. The van der Waals surface area contributed by atoms with Gasteiger partial charge in [0.1, 0.15) is 6.04 Å². The molecule has 1 fully saturated rings. The number of urea groups is 1. The second-order valence-electron chi connectivity index (χ2n) is 5.31. The number of benzene rings is 2. The number of nitrogens with one attached hydrogen (secondary N) is 3. The van der Waals surface area contributed by atoms with Crippen LogP contribution in [0, 0.1) is 0 Å². The molecule has 5 nitrogen and oxygen atoms in total. The lowest BCUT2D eigenvalue weighted by molar-refractivity contribution is -0.122. The van der Waals surface area contributed by atoms with E-state index in [1.54, 1.807) is 12.1 Å². The summed E-state index contributed by atoms with van der Waals surface area (Å²) in [4.78, 5) is 23.6. The van der Waals surface area contributed by atoms with Crippen LogP contribution in [0.15, 0.2) is 54.6 Å². The molecule has 0 aromatic heterocycles. The maximum Gasteiger partial charge on any atom is 0.315 e. The first-order valence-corrected chi connectivity index (χ1v) is 7.66. The van der Waals surface area contributed by atoms with Gasteiger partial charge in [0.25, 0.3) is 0 Å². The zero-order valence-corrected chi connectivity index (χ0v) is 13.0. The first-order chi connectivity index (χ1) is 11.1. The quantitative estimate of drug-likeness (QED) is 0.805. The van der Waals surface area contributed by atoms with Crippen LogP contribution >= 0.6 is 11.6 Å². The van der Waals surface area contributed by atoms with E-state index in [0.717, 1.165) is 11.1 Å². The largest absolute Gasteiger partial charge is 0.343 e. The number of carbonyl (C=O) groups is 2. The summed E-state index contributed by atoms with van der Waals surface area (Å²) in [6.07, 6.45) is 0. The molecule has 1 aliphatic heterocycles. The molecule has 1 saturated heterocycles. The van der Waals surface area contributed by atoms with Crippen LogP contribution in [0.3, 0.4) is 0 Å². The maximum absolute atomic E-state index is 12.4. The molecule has 3 amide bonds. The number of carbonyl (C=O) groups excluding carboxylic acids is 2. The number of hydrogen-bond donors (Lipinski definition) is 3. The summed E-state index contributed by atoms with van der Waals surface area (Å²) < 4.78 is 0. The fourth-order valence-corrected chi connectivity index (χ4v) is 2.64. The molecule has 0 spiro atoms. The summed E-state index contributed by atoms with van der Waals surface area (Å²) in [7, 11) is 0. The second-order valence-corrected chi connectivity index (χ2v) is 5.75. The molecule has 6 heteroatoms. The fourth-order valence-electron chi connectivity index (χ4n) is 2.52. The van der Waals surface area contributed by atoms with Crippen LogP contribution in [-0.2, 0) is 4.79 Å². The van der Waals surface area contributed by atoms with Crippen molar-refractivity contribution in [2.75, 3.05) is 6.54 Å². The zero-order valence-electron chi connectivity index (χ0n) is 12.3. The van der Waals surface area contributed by atoms with E-state index in [1.807, 2.05) is 42.5 Å². The van der Waals surface area contributed by atoms with Gasteiger partial charge in [0, 0.05) is 11.6 Å². The molecule has 3 N–H and O–H groups in total. The molecule has 2 aromatic carbocycles. The Kier molecular flexibility index (Phi) is 4.48. The van der Waals surface area contributed by atoms with Gasteiger partial charge in [-0.3, -0.25) is 4.79 Å². The number of rotatable bonds is 4. The van der Waals surface area contributed by atoms with Gasteiger partial charge in [-0.15, -0.1) is 0 Å². The van der Waals surface area contributed by atoms with Crippen LogP contribution < -0.4 is 16.0 Å². The summed E-state index contributed by atoms with van der Waals surface area (Å²) in [5.41, 5.74) is 1.88. The lowest BCUT2D eigenvalue weighted by Gasteiger charge is -2.21. The monoisotopic (exact) mass is 329 g/mol. The van der Waals surface area contributed by atoms with Crippen molar-refractivity contribution in [1.29, 1.82) is 0 Å². The van der Waals surface area contributed by atoms with Crippen molar-refractivity contribution in [2.45, 2.75) is 12.1 Å². The number of hydrogen-bond acceptors (Lipinski definition) is 2. The Morgan fingerprint density at radius 3 is 2.35 bits per heavy atom. The zero-order chi connectivity index (χ0) is 16.2. The van der Waals surface area contributed by atoms with Crippen LogP contribution in [0.4, 0.5) is 4.79 Å². The first-order valence-electron chi connectivity index (χ1n) is 7.28. The van der Waals surface area contributed by atoms with E-state index in [2.05, 4.69) is 16.0 Å². The molecule has 1 heterocycles. The summed E-state index contributed by atoms with van der Waals surface area (Å²) in [5.74, 6) is -0.229. The Hall–Kier alpha value is -2.53. The van der Waals surface area contributed by atoms with E-state index < -0.39 is 6.04 Å². The SMILES string of the molecule is O=C1NC[C@@H](C(=O)N[C@H](c2ccccc2)c2ccc(Cl)cc2)N1. The summed E-state index contributed by atoms with van der Waals surface area (Å²) in [5, 5.41) is 8.80. The van der Waals surface area contributed by atoms with Crippen molar-refractivity contribution in [1.82, 2.24) is 16.0 Å². The van der Waals surface area contributed by atoms with Crippen molar-refractivity contribution < 1.29 is 9.59 Å². The lowest BCUT2D eigenvalue weighted by Crippen LogP contribution is -2.44. The molecule has 118 valence electrons. The molecule has 0 unspecified atom stereocenters. The van der Waals surface area contributed by atoms with Crippen LogP contribution in [-0.4, -0.2) is 24.5 Å². The van der Waals surface area contributed by atoms with E-state index in [0.29, 0.717) is 5.02 Å². The summed E-state index contributed by atoms with van der Waals surface area (Å²) in [6.45, 7) is 0.285. The van der Waals surface area contributed by atoms with E-state index in [-0.39, 0.29) is 24.5 Å². The second kappa shape index (κ2) is 6.71. The number of amides is 3. The van der Waals surface area contributed by atoms with E-state index >= 15 is 0 Å². The van der Waals surface area contributed by atoms with Gasteiger partial charge in [0.05, 0.1) is 6.04 Å². The van der Waals surface area contributed by atoms with Crippen LogP contribution in [0.25, 0.3) is 0 Å². The highest BCUT2D eigenvalue weighted by atomic mass is 35.5. The molecular weight excluding hydrogens is 314 g/mol. The van der Waals surface area contributed by atoms with Gasteiger partial charge < -0.3 is 16.0 Å². The lowest BCUT2D eigenvalue weighted by atomic mass is 9.98. The molecule has 3 rings (SSSR count). The third kappa shape index (κ3) is 3.63. The van der Waals surface area contributed by atoms with Crippen LogP contribution in [0.5, 0.6) is 0 Å². The summed E-state index contributed by atoms with van der Waals surface area (Å²) >= 11 is 5.94. The van der Waals surface area contributed by atoms with Crippen molar-refractivity contribution in [3.05, 3.63) is 70.7 Å². The Balaban J connectivity index is 1.85. The van der Waals surface area contributed by atoms with Gasteiger partial charge in [0.2, 0.25) is 5.91 Å². The smallest absolute Gasteiger partial charge is 0.315 e. The van der Waals surface area contributed by atoms with E-state index in [9.17, 15) is 9.59 Å². The fraction of sp³-hybridized carbons (Fsp3) is 0.176. The van der Waals surface area contributed by atoms with Crippen molar-refractivity contribution in [3.63, 3.8) is 0 Å². The molecule has 23 heavy (non-hydrogen) atoms. The Labute approximate surface area is 139 Å². The van der Waals surface area contributed by atoms with Crippen molar-refractivity contribution in [2.24, 2.45) is 0 Å². The van der Waals surface area contributed by atoms with Gasteiger partial charge >= 0.3 is 6.03 Å². The predicted molar refractivity (Wildman–Crippen MR) is 88.2 cm³/mol. The molecule has 0 bridgehead atoms. The van der Waals surface area contributed by atoms with Crippen LogP contribution in [0.2, 0.25) is 5.02 Å². The number of halogens is 1. The highest BCUT2D eigenvalue weighted by Gasteiger charge is 2.29. The average Bonchev–Trinajstić information content (AvgIpc) is 3.01. The third-order valence-corrected chi connectivity index (χ3v) is 3.96. The molecule has 0 radical (unpaired) electrons. The average molecular weight is 330 g/mol. The molecule has 0 aliphatic carbocycles. The standard InChI is InChI=1S/C17H16ClN3O2/c18-13-8-6-12(7-9-13)15(11-4-2-1-3-5-11)21-16(22)14-10-19-17(23)20-14/h1-9,14-15H,10H2,(H,21,22)(H2,19,20,23)/t14-,15+/m0/s1. The normalized spacial score (nSPS) is 18.0. The summed E-state index contributed by atoms with van der Waals surface area (Å²) in [6, 6.07) is 15.8. The molecule has 0 saturated carbocycles. The molecule has 2 atom stereocenters. The van der Waals surface area contributed by atoms with E-state index in [4.69, 9.17) is 11.6 Å². The topological polar surface area (TPSA) is 70.2 Å². The molecule has 2 aromatic rings. The van der Waals surface area contributed by atoms with Crippen molar-refractivity contribution >= 4 is 23.5 Å². The van der Waals surface area contributed by atoms with Gasteiger partial charge in [-0.1, -0.05) is 54.1 Å². The third-order valence-electron chi connectivity index (χ3n) is 3.71. The maximum atomic E-state index is 12.4. The Morgan fingerprint density at radius 2 is 1.74 bits per heavy atom. The van der Waals surface area contributed by atoms with Crippen molar-refractivity contribution in [3.8, 4) is 0 Å². The minimum absolute atomic E-state index is 0.229. The van der Waals surface area contributed by atoms with Crippen LogP contribution in [0.1, 0.15) is 17.2 Å². The minimum atomic E-state index is -0.569. The first kappa shape index (κ1) is 15.4. The van der Waals surface area contributed by atoms with E-state index in [1.165, 1.54) is 0 Å². The highest BCUT2D eigenvalue weighted by molar-refractivity contribution is 6.30. The highest BCUT2D eigenvalue weighted by Crippen LogP contribution is 2.23. The van der Waals surface area contributed by atoms with Gasteiger partial charge in [-0.2, -0.15) is 0 Å². The Bertz CT molecular complexity index is 704. The Morgan fingerprint density at radius 1 is 1.09 bits per heavy atom. The molecule has 1 aliphatic rings.